The molecule has 4 nitrogen and oxygen atoms in total. The molecule has 2 rings (SSSR count). The number of hydrogen-bond acceptors (Lipinski definition) is 4. The summed E-state index contributed by atoms with van der Waals surface area (Å²) in [5.74, 6) is -1.56. The Balaban J connectivity index is 2.41. The van der Waals surface area contributed by atoms with Gasteiger partial charge >= 0.3 is 0 Å². The highest BCUT2D eigenvalue weighted by molar-refractivity contribution is 5.30. The highest BCUT2D eigenvalue weighted by Crippen LogP contribution is 2.27. The number of hydrogen-bond donors (Lipinski definition) is 0. The number of ether oxygens (including phenoxy) is 2. The molecule has 22 heavy (non-hydrogen) atoms. The van der Waals surface area contributed by atoms with Gasteiger partial charge in [-0.3, -0.25) is 0 Å². The molecule has 0 unspecified atom stereocenters. The molecule has 0 aliphatic carbocycles. The van der Waals surface area contributed by atoms with Crippen molar-refractivity contribution in [2.75, 3.05) is 7.11 Å². The van der Waals surface area contributed by atoms with Crippen LogP contribution in [0, 0.1) is 11.6 Å². The topological polar surface area (TPSA) is 44.2 Å². The summed E-state index contributed by atoms with van der Waals surface area (Å²) in [6, 6.07) is 5.28. The molecule has 118 valence electrons. The molecule has 0 aliphatic heterocycles. The van der Waals surface area contributed by atoms with Gasteiger partial charge in [-0.2, -0.15) is 9.37 Å². The van der Waals surface area contributed by atoms with Crippen LogP contribution >= 0.6 is 0 Å². The van der Waals surface area contributed by atoms with Gasteiger partial charge in [0, 0.05) is 18.6 Å². The van der Waals surface area contributed by atoms with Crippen LogP contribution in [0.3, 0.4) is 0 Å². The van der Waals surface area contributed by atoms with E-state index in [1.807, 2.05) is 20.8 Å². The van der Waals surface area contributed by atoms with Crippen molar-refractivity contribution in [3.05, 3.63) is 47.4 Å². The summed E-state index contributed by atoms with van der Waals surface area (Å²) in [5, 5.41) is 0. The monoisotopic (exact) mass is 308 g/mol. The molecular formula is C16H18F2N2O2. The van der Waals surface area contributed by atoms with Gasteiger partial charge in [-0.25, -0.2) is 9.37 Å². The van der Waals surface area contributed by atoms with Gasteiger partial charge in [-0.15, -0.1) is 0 Å². The molecular weight excluding hydrogens is 290 g/mol. The maximum Gasteiger partial charge on any atom is 0.223 e. The summed E-state index contributed by atoms with van der Waals surface area (Å²) in [4.78, 5) is 8.67. The van der Waals surface area contributed by atoms with Gasteiger partial charge in [0.25, 0.3) is 0 Å². The van der Waals surface area contributed by atoms with Crippen molar-refractivity contribution in [3.63, 3.8) is 0 Å². The van der Waals surface area contributed by atoms with E-state index >= 15 is 0 Å². The van der Waals surface area contributed by atoms with Gasteiger partial charge in [-0.05, 0) is 12.1 Å². The molecule has 0 N–H and O–H groups in total. The molecule has 0 spiro atoms. The maximum absolute atomic E-state index is 13.7. The Morgan fingerprint density at radius 1 is 1.14 bits per heavy atom. The maximum atomic E-state index is 13.7. The van der Waals surface area contributed by atoms with E-state index in [-0.39, 0.29) is 23.7 Å². The molecule has 0 atom stereocenters. The lowest BCUT2D eigenvalue weighted by Crippen LogP contribution is -2.17. The van der Waals surface area contributed by atoms with Gasteiger partial charge < -0.3 is 9.47 Å². The third kappa shape index (κ3) is 3.76. The van der Waals surface area contributed by atoms with E-state index in [1.54, 1.807) is 13.2 Å². The van der Waals surface area contributed by atoms with Crippen molar-refractivity contribution in [1.29, 1.82) is 0 Å². The first-order valence-corrected chi connectivity index (χ1v) is 6.80. The minimum absolute atomic E-state index is 0.150. The first-order chi connectivity index (χ1) is 10.3. The zero-order chi connectivity index (χ0) is 16.3. The van der Waals surface area contributed by atoms with Crippen molar-refractivity contribution in [2.45, 2.75) is 32.8 Å². The molecule has 0 saturated heterocycles. The quantitative estimate of drug-likeness (QED) is 0.856. The van der Waals surface area contributed by atoms with E-state index in [9.17, 15) is 8.78 Å². The zero-order valence-corrected chi connectivity index (χ0v) is 13.0. The Bertz CT molecular complexity index is 670. The highest BCUT2D eigenvalue weighted by atomic mass is 19.2. The lowest BCUT2D eigenvalue weighted by molar-refractivity contribution is 0.180. The van der Waals surface area contributed by atoms with E-state index in [4.69, 9.17) is 9.47 Å². The Kier molecular flexibility index (Phi) is 4.71. The number of rotatable bonds is 4. The first-order valence-electron chi connectivity index (χ1n) is 6.80. The van der Waals surface area contributed by atoms with Crippen molar-refractivity contribution in [1.82, 2.24) is 9.97 Å². The first kappa shape index (κ1) is 16.3. The predicted octanol–water partition coefficient (Wildman–Crippen LogP) is 3.99. The summed E-state index contributed by atoms with van der Waals surface area (Å²) in [7, 11) is 1.55. The average Bonchev–Trinajstić information content (AvgIpc) is 2.43. The molecule has 0 fully saturated rings. The largest absolute Gasteiger partial charge is 0.436 e. The van der Waals surface area contributed by atoms with Crippen LogP contribution in [0.25, 0.3) is 0 Å². The van der Waals surface area contributed by atoms with Gasteiger partial charge in [0.1, 0.15) is 5.82 Å². The zero-order valence-electron chi connectivity index (χ0n) is 13.0. The highest BCUT2D eigenvalue weighted by Gasteiger charge is 2.20. The van der Waals surface area contributed by atoms with Gasteiger partial charge in [-0.1, -0.05) is 26.8 Å². The number of methoxy groups -OCH3 is 1. The molecule has 1 aromatic carbocycles. The molecule has 1 heterocycles. The van der Waals surface area contributed by atoms with Gasteiger partial charge in [0.15, 0.2) is 11.6 Å². The van der Waals surface area contributed by atoms with Crippen molar-refractivity contribution < 1.29 is 18.3 Å². The number of nitrogens with zero attached hydrogens (tertiary/aromatic N) is 2. The molecule has 1 aromatic heterocycles. The minimum Gasteiger partial charge on any atom is -0.436 e. The van der Waals surface area contributed by atoms with E-state index in [2.05, 4.69) is 9.97 Å². The van der Waals surface area contributed by atoms with Crippen LogP contribution in [0.1, 0.15) is 32.3 Å². The van der Waals surface area contributed by atoms with Crippen LogP contribution in [0.15, 0.2) is 24.3 Å². The molecule has 0 aliphatic rings. The average molecular weight is 308 g/mol. The van der Waals surface area contributed by atoms with Crippen LogP contribution in [0.5, 0.6) is 11.6 Å². The SMILES string of the molecule is COCc1cc(Oc2cccc(F)c2F)nc(C(C)(C)C)n1. The minimum atomic E-state index is -1.05. The second-order valence-electron chi connectivity index (χ2n) is 5.86. The van der Waals surface area contributed by atoms with Crippen molar-refractivity contribution in [3.8, 4) is 11.6 Å². The van der Waals surface area contributed by atoms with E-state index in [1.165, 1.54) is 12.1 Å². The summed E-state index contributed by atoms with van der Waals surface area (Å²) in [6.07, 6.45) is 0. The van der Waals surface area contributed by atoms with E-state index in [0.717, 1.165) is 6.07 Å². The van der Waals surface area contributed by atoms with Crippen LogP contribution < -0.4 is 4.74 Å². The van der Waals surface area contributed by atoms with E-state index < -0.39 is 11.6 Å². The fourth-order valence-corrected chi connectivity index (χ4v) is 1.76. The summed E-state index contributed by atoms with van der Waals surface area (Å²) < 4.78 is 37.4. The summed E-state index contributed by atoms with van der Waals surface area (Å²) in [5.41, 5.74) is 0.289. The predicted molar refractivity (Wildman–Crippen MR) is 77.9 cm³/mol. The van der Waals surface area contributed by atoms with Gasteiger partial charge in [0.2, 0.25) is 11.7 Å². The van der Waals surface area contributed by atoms with Crippen LogP contribution in [0.2, 0.25) is 0 Å². The fourth-order valence-electron chi connectivity index (χ4n) is 1.76. The van der Waals surface area contributed by atoms with Crippen molar-refractivity contribution in [2.24, 2.45) is 0 Å². The molecule has 0 amide bonds. The van der Waals surface area contributed by atoms with Crippen molar-refractivity contribution >= 4 is 0 Å². The second-order valence-corrected chi connectivity index (χ2v) is 5.86. The normalized spacial score (nSPS) is 11.5. The summed E-state index contributed by atoms with van der Waals surface area (Å²) in [6.45, 7) is 6.12. The summed E-state index contributed by atoms with van der Waals surface area (Å²) >= 11 is 0. The lowest BCUT2D eigenvalue weighted by Gasteiger charge is -2.18. The van der Waals surface area contributed by atoms with E-state index in [0.29, 0.717) is 11.5 Å². The molecule has 6 heteroatoms. The van der Waals surface area contributed by atoms with Crippen LogP contribution in [0.4, 0.5) is 8.78 Å². The Morgan fingerprint density at radius 2 is 1.86 bits per heavy atom. The smallest absolute Gasteiger partial charge is 0.223 e. The molecule has 2 aromatic rings. The molecule has 0 radical (unpaired) electrons. The van der Waals surface area contributed by atoms with Crippen LogP contribution in [-0.4, -0.2) is 17.1 Å². The third-order valence-electron chi connectivity index (χ3n) is 2.85. The Hall–Kier alpha value is -2.08. The standard InChI is InChI=1S/C16H18F2N2O2/c1-16(2,3)15-19-10(9-21-4)8-13(20-15)22-12-7-5-6-11(17)14(12)18/h5-8H,9H2,1-4H3. The molecule has 0 saturated carbocycles. The lowest BCUT2D eigenvalue weighted by atomic mass is 9.95. The fraction of sp³-hybridized carbons (Fsp3) is 0.375. The van der Waals surface area contributed by atoms with Crippen LogP contribution in [-0.2, 0) is 16.8 Å². The molecule has 0 bridgehead atoms. The number of aromatic nitrogens is 2. The number of halogens is 2. The van der Waals surface area contributed by atoms with Gasteiger partial charge in [0.05, 0.1) is 12.3 Å². The third-order valence-corrected chi connectivity index (χ3v) is 2.85. The Labute approximate surface area is 128 Å². The Morgan fingerprint density at radius 3 is 2.50 bits per heavy atom. The number of benzene rings is 1. The second kappa shape index (κ2) is 6.36.